The van der Waals surface area contributed by atoms with Crippen LogP contribution in [0.2, 0.25) is 0 Å². The number of rotatable bonds is 5. The molecule has 0 spiro atoms. The van der Waals surface area contributed by atoms with Gasteiger partial charge in [-0.1, -0.05) is 43.2 Å². The lowest BCUT2D eigenvalue weighted by atomic mass is 10.0. The van der Waals surface area contributed by atoms with Crippen LogP contribution in [0, 0.1) is 0 Å². The molecule has 0 atom stereocenters. The number of benzene rings is 1. The Morgan fingerprint density at radius 2 is 1.64 bits per heavy atom. The Labute approximate surface area is 165 Å². The molecule has 2 fully saturated rings. The molecule has 1 aliphatic heterocycles. The molecule has 0 unspecified atom stereocenters. The summed E-state index contributed by atoms with van der Waals surface area (Å²) >= 11 is 0. The third-order valence-corrected chi connectivity index (χ3v) is 5.36. The summed E-state index contributed by atoms with van der Waals surface area (Å²) in [5, 5.41) is 0. The maximum absolute atomic E-state index is 13.0. The van der Waals surface area contributed by atoms with Crippen LogP contribution in [0.15, 0.2) is 30.3 Å². The Kier molecular flexibility index (Phi) is 5.54. The summed E-state index contributed by atoms with van der Waals surface area (Å²) in [6, 6.07) is 8.64. The molecule has 5 amide bonds. The van der Waals surface area contributed by atoms with Crippen LogP contribution in [0.25, 0.3) is 0 Å². The molecule has 3 rings (SSSR count). The molecule has 1 saturated carbocycles. The van der Waals surface area contributed by atoms with E-state index in [-0.39, 0.29) is 11.9 Å². The van der Waals surface area contributed by atoms with Crippen LogP contribution in [0.4, 0.5) is 4.79 Å². The molecule has 0 bridgehead atoms. The van der Waals surface area contributed by atoms with Crippen LogP contribution in [-0.4, -0.2) is 56.6 Å². The quantitative estimate of drug-likeness (QED) is 0.576. The zero-order valence-corrected chi connectivity index (χ0v) is 16.7. The van der Waals surface area contributed by atoms with Gasteiger partial charge in [0.05, 0.1) is 0 Å². The fraction of sp³-hybridized carbons (Fsp3) is 0.524. The molecule has 1 aliphatic carbocycles. The van der Waals surface area contributed by atoms with Crippen molar-refractivity contribution < 1.29 is 19.2 Å². The summed E-state index contributed by atoms with van der Waals surface area (Å²) in [7, 11) is 0. The molecular formula is C21H27N3O4. The number of carbonyl (C=O) groups excluding carboxylic acids is 4. The van der Waals surface area contributed by atoms with E-state index in [2.05, 4.69) is 0 Å². The van der Waals surface area contributed by atoms with E-state index in [9.17, 15) is 19.2 Å². The molecule has 0 N–H and O–H groups in total. The predicted octanol–water partition coefficient (Wildman–Crippen LogP) is 2.55. The van der Waals surface area contributed by atoms with E-state index >= 15 is 0 Å². The summed E-state index contributed by atoms with van der Waals surface area (Å²) in [6.07, 6.45) is 3.30. The first-order valence-electron chi connectivity index (χ1n) is 9.73. The van der Waals surface area contributed by atoms with Gasteiger partial charge in [0.15, 0.2) is 0 Å². The summed E-state index contributed by atoms with van der Waals surface area (Å²) < 4.78 is 0. The highest BCUT2D eigenvalue weighted by molar-refractivity contribution is 6.45. The lowest BCUT2D eigenvalue weighted by Crippen LogP contribution is -2.50. The lowest BCUT2D eigenvalue weighted by Gasteiger charge is -2.36. The van der Waals surface area contributed by atoms with Crippen molar-refractivity contribution >= 4 is 23.8 Å². The highest BCUT2D eigenvalue weighted by Gasteiger charge is 2.49. The van der Waals surface area contributed by atoms with Crippen molar-refractivity contribution in [2.24, 2.45) is 0 Å². The van der Waals surface area contributed by atoms with Crippen LogP contribution < -0.4 is 0 Å². The van der Waals surface area contributed by atoms with E-state index in [0.29, 0.717) is 19.4 Å². The van der Waals surface area contributed by atoms with Gasteiger partial charge in [0.1, 0.15) is 6.54 Å². The Hall–Kier alpha value is -2.70. The molecule has 7 heteroatoms. The molecule has 150 valence electrons. The number of hydrogen-bond donors (Lipinski definition) is 0. The third kappa shape index (κ3) is 3.93. The molecule has 1 heterocycles. The summed E-state index contributed by atoms with van der Waals surface area (Å²) in [5.41, 5.74) is 0.446. The van der Waals surface area contributed by atoms with Gasteiger partial charge in [0, 0.05) is 18.1 Å². The summed E-state index contributed by atoms with van der Waals surface area (Å²) in [6.45, 7) is 5.64. The smallest absolute Gasteiger partial charge is 0.332 e. The monoisotopic (exact) mass is 385 g/mol. The molecule has 0 aromatic heterocycles. The van der Waals surface area contributed by atoms with Gasteiger partial charge in [0.25, 0.3) is 0 Å². The van der Waals surface area contributed by atoms with Crippen molar-refractivity contribution in [3.05, 3.63) is 35.9 Å². The molecule has 1 aromatic rings. The number of amides is 5. The fourth-order valence-corrected chi connectivity index (χ4v) is 3.83. The maximum atomic E-state index is 13.0. The summed E-state index contributed by atoms with van der Waals surface area (Å²) in [5.74, 6) is -2.08. The SMILES string of the molecule is CC(C)(C)N(Cc1ccccc1)C(=O)CN1C(=O)C(=O)N(C2CCCC2)C1=O. The molecule has 7 nitrogen and oxygen atoms in total. The van der Waals surface area contributed by atoms with Gasteiger partial charge >= 0.3 is 17.8 Å². The van der Waals surface area contributed by atoms with Crippen molar-refractivity contribution in [3.8, 4) is 0 Å². The van der Waals surface area contributed by atoms with Gasteiger partial charge in [-0.15, -0.1) is 0 Å². The van der Waals surface area contributed by atoms with Crippen LogP contribution in [-0.2, 0) is 20.9 Å². The highest BCUT2D eigenvalue weighted by atomic mass is 16.2. The van der Waals surface area contributed by atoms with Gasteiger partial charge in [-0.2, -0.15) is 0 Å². The van der Waals surface area contributed by atoms with Crippen molar-refractivity contribution in [1.82, 2.24) is 14.7 Å². The molecular weight excluding hydrogens is 358 g/mol. The topological polar surface area (TPSA) is 78.0 Å². The molecule has 2 aliphatic rings. The second-order valence-corrected chi connectivity index (χ2v) is 8.42. The van der Waals surface area contributed by atoms with E-state index < -0.39 is 29.9 Å². The average molecular weight is 385 g/mol. The van der Waals surface area contributed by atoms with Crippen molar-refractivity contribution in [3.63, 3.8) is 0 Å². The van der Waals surface area contributed by atoms with Gasteiger partial charge in [-0.05, 0) is 39.2 Å². The first kappa shape index (κ1) is 20.0. The van der Waals surface area contributed by atoms with Crippen LogP contribution in [0.5, 0.6) is 0 Å². The zero-order valence-electron chi connectivity index (χ0n) is 16.7. The van der Waals surface area contributed by atoms with Gasteiger partial charge < -0.3 is 4.90 Å². The summed E-state index contributed by atoms with van der Waals surface area (Å²) in [4.78, 5) is 54.0. The first-order valence-corrected chi connectivity index (χ1v) is 9.73. The van der Waals surface area contributed by atoms with E-state index in [1.165, 1.54) is 0 Å². The zero-order chi connectivity index (χ0) is 20.5. The van der Waals surface area contributed by atoms with E-state index in [0.717, 1.165) is 28.2 Å². The molecule has 0 radical (unpaired) electrons. The minimum Gasteiger partial charge on any atom is -0.332 e. The Bertz CT molecular complexity index is 779. The Balaban J connectivity index is 1.76. The third-order valence-electron chi connectivity index (χ3n) is 5.36. The first-order chi connectivity index (χ1) is 13.2. The van der Waals surface area contributed by atoms with Gasteiger partial charge in [0.2, 0.25) is 5.91 Å². The van der Waals surface area contributed by atoms with Crippen molar-refractivity contribution in [2.75, 3.05) is 6.54 Å². The number of urea groups is 1. The van der Waals surface area contributed by atoms with E-state index in [1.54, 1.807) is 4.90 Å². The van der Waals surface area contributed by atoms with Gasteiger partial charge in [-0.25, -0.2) is 9.69 Å². The predicted molar refractivity (Wildman–Crippen MR) is 103 cm³/mol. The fourth-order valence-electron chi connectivity index (χ4n) is 3.83. The molecule has 1 saturated heterocycles. The minimum atomic E-state index is -0.904. The maximum Gasteiger partial charge on any atom is 0.334 e. The van der Waals surface area contributed by atoms with E-state index in [1.807, 2.05) is 51.1 Å². The minimum absolute atomic E-state index is 0.230. The number of hydrogen-bond acceptors (Lipinski definition) is 4. The normalized spacial score (nSPS) is 18.3. The number of nitrogens with zero attached hydrogens (tertiary/aromatic N) is 3. The average Bonchev–Trinajstić information content (AvgIpc) is 3.23. The second kappa shape index (κ2) is 7.73. The lowest BCUT2D eigenvalue weighted by molar-refractivity contribution is -0.146. The number of carbonyl (C=O) groups is 4. The van der Waals surface area contributed by atoms with Crippen LogP contribution in [0.3, 0.4) is 0 Å². The van der Waals surface area contributed by atoms with Gasteiger partial charge in [-0.3, -0.25) is 19.3 Å². The molecule has 1 aromatic carbocycles. The largest absolute Gasteiger partial charge is 0.334 e. The van der Waals surface area contributed by atoms with Crippen LogP contribution >= 0.6 is 0 Å². The second-order valence-electron chi connectivity index (χ2n) is 8.42. The highest BCUT2D eigenvalue weighted by Crippen LogP contribution is 2.28. The van der Waals surface area contributed by atoms with Crippen molar-refractivity contribution in [2.45, 2.75) is 64.6 Å². The van der Waals surface area contributed by atoms with Crippen LogP contribution in [0.1, 0.15) is 52.0 Å². The number of imide groups is 2. The Morgan fingerprint density at radius 1 is 1.04 bits per heavy atom. The Morgan fingerprint density at radius 3 is 2.21 bits per heavy atom. The van der Waals surface area contributed by atoms with Crippen molar-refractivity contribution in [1.29, 1.82) is 0 Å². The van der Waals surface area contributed by atoms with E-state index in [4.69, 9.17) is 0 Å². The standard InChI is InChI=1S/C21H27N3O4/c1-21(2,3)23(13-15-9-5-4-6-10-15)17(25)14-22-18(26)19(27)24(20(22)28)16-11-7-8-12-16/h4-6,9-10,16H,7-8,11-14H2,1-3H3. The molecule has 28 heavy (non-hydrogen) atoms.